The fraction of sp³-hybridized carbons (Fsp3) is 0.273. The molecule has 0 aliphatic heterocycles. The van der Waals surface area contributed by atoms with Gasteiger partial charge in [0, 0.05) is 24.4 Å². The molecule has 1 atom stereocenters. The number of nitrogens with two attached hydrogens (primary N) is 1. The van der Waals surface area contributed by atoms with Gasteiger partial charge in [-0.1, -0.05) is 42.5 Å². The predicted molar refractivity (Wildman–Crippen MR) is 121 cm³/mol. The van der Waals surface area contributed by atoms with Gasteiger partial charge in [-0.3, -0.25) is 4.79 Å². The van der Waals surface area contributed by atoms with Crippen LogP contribution in [0, 0.1) is 0 Å². The number of para-hydroxylation sites is 1. The molecule has 0 spiro atoms. The third-order valence-electron chi connectivity index (χ3n) is 4.84. The summed E-state index contributed by atoms with van der Waals surface area (Å²) in [6.07, 6.45) is 0.696. The van der Waals surface area contributed by atoms with Crippen LogP contribution in [0.4, 0.5) is 0 Å². The van der Waals surface area contributed by atoms with Crippen molar-refractivity contribution in [3.63, 3.8) is 0 Å². The smallest absolute Gasteiger partial charge is 0.273 e. The van der Waals surface area contributed by atoms with Crippen LogP contribution in [0.3, 0.4) is 0 Å². The van der Waals surface area contributed by atoms with Gasteiger partial charge >= 0.3 is 0 Å². The number of hydrogen-bond acceptors (Lipinski definition) is 5. The van der Waals surface area contributed by atoms with E-state index in [1.54, 1.807) is 17.4 Å². The molecule has 0 fully saturated rings. The molecular weight excluding hydrogens is 406 g/mol. The highest BCUT2D eigenvalue weighted by Crippen LogP contribution is 2.31. The van der Waals surface area contributed by atoms with Crippen molar-refractivity contribution in [2.24, 2.45) is 5.73 Å². The maximum Gasteiger partial charge on any atom is 0.273 e. The Morgan fingerprint density at radius 1 is 1.21 bits per heavy atom. The summed E-state index contributed by atoms with van der Waals surface area (Å²) in [5, 5.41) is 2.70. The largest absolute Gasteiger partial charge is 0.496 e. The number of thiazole rings is 1. The number of nitrogens with zero attached hydrogens (tertiary/aromatic N) is 2. The van der Waals surface area contributed by atoms with E-state index in [-0.39, 0.29) is 24.4 Å². The highest BCUT2D eigenvalue weighted by molar-refractivity contribution is 7.09. The van der Waals surface area contributed by atoms with Crippen LogP contribution in [0.5, 0.6) is 5.75 Å². The van der Waals surface area contributed by atoms with Gasteiger partial charge in [-0.05, 0) is 30.7 Å². The maximum atomic E-state index is 12.8. The zero-order valence-electron chi connectivity index (χ0n) is 16.8. The first-order valence-electron chi connectivity index (χ1n) is 9.20. The molecule has 5 nitrogen and oxygen atoms in total. The van der Waals surface area contributed by atoms with Crippen LogP contribution < -0.4 is 10.5 Å². The van der Waals surface area contributed by atoms with Crippen molar-refractivity contribution in [1.29, 1.82) is 0 Å². The standard InChI is InChI=1S/C22H25N3O2S.ClH/c1-15(25(2)22(26)19-14-28-21(24-19)12-13-23)16-8-10-17(11-9-16)18-6-4-5-7-20(18)27-3;/h4-11,14-15H,12-13,23H2,1-3H3;1H. The molecule has 0 saturated carbocycles. The summed E-state index contributed by atoms with van der Waals surface area (Å²) in [5.74, 6) is 0.758. The van der Waals surface area contributed by atoms with Crippen LogP contribution in [-0.2, 0) is 6.42 Å². The van der Waals surface area contributed by atoms with E-state index in [2.05, 4.69) is 29.2 Å². The molecule has 0 aliphatic rings. The second-order valence-corrected chi connectivity index (χ2v) is 7.52. The number of aromatic nitrogens is 1. The first-order valence-corrected chi connectivity index (χ1v) is 10.1. The fourth-order valence-corrected chi connectivity index (χ4v) is 3.84. The second-order valence-electron chi connectivity index (χ2n) is 6.58. The summed E-state index contributed by atoms with van der Waals surface area (Å²) in [6.45, 7) is 2.55. The van der Waals surface area contributed by atoms with E-state index in [1.165, 1.54) is 11.3 Å². The minimum Gasteiger partial charge on any atom is -0.496 e. The lowest BCUT2D eigenvalue weighted by Gasteiger charge is -2.25. The average molecular weight is 432 g/mol. The van der Waals surface area contributed by atoms with Crippen LogP contribution in [0.2, 0.25) is 0 Å². The molecule has 1 amide bonds. The normalized spacial score (nSPS) is 11.4. The lowest BCUT2D eigenvalue weighted by molar-refractivity contribution is 0.0737. The number of ether oxygens (including phenoxy) is 1. The van der Waals surface area contributed by atoms with E-state index in [4.69, 9.17) is 10.5 Å². The van der Waals surface area contributed by atoms with Gasteiger partial charge in [0.2, 0.25) is 0 Å². The Bertz CT molecular complexity index is 943. The fourth-order valence-electron chi connectivity index (χ4n) is 3.05. The van der Waals surface area contributed by atoms with Crippen molar-refractivity contribution in [3.8, 4) is 16.9 Å². The lowest BCUT2D eigenvalue weighted by Crippen LogP contribution is -2.30. The number of benzene rings is 2. The van der Waals surface area contributed by atoms with Gasteiger partial charge < -0.3 is 15.4 Å². The highest BCUT2D eigenvalue weighted by atomic mass is 35.5. The Hall–Kier alpha value is -2.41. The van der Waals surface area contributed by atoms with Crippen LogP contribution >= 0.6 is 23.7 Å². The molecule has 3 rings (SSSR count). The summed E-state index contributed by atoms with van der Waals surface area (Å²) in [4.78, 5) is 18.9. The molecule has 0 bridgehead atoms. The van der Waals surface area contributed by atoms with Gasteiger partial charge in [0.15, 0.2) is 0 Å². The molecule has 0 radical (unpaired) electrons. The Morgan fingerprint density at radius 2 is 1.90 bits per heavy atom. The number of carbonyl (C=O) groups excluding carboxylic acids is 1. The Balaban J connectivity index is 0.00000300. The molecule has 29 heavy (non-hydrogen) atoms. The molecule has 1 heterocycles. The van der Waals surface area contributed by atoms with Crippen LogP contribution in [-0.4, -0.2) is 36.5 Å². The summed E-state index contributed by atoms with van der Waals surface area (Å²) in [7, 11) is 3.48. The minimum atomic E-state index is -0.0826. The van der Waals surface area contributed by atoms with Crippen molar-refractivity contribution >= 4 is 29.7 Å². The number of halogens is 1. The summed E-state index contributed by atoms with van der Waals surface area (Å²) >= 11 is 1.48. The van der Waals surface area contributed by atoms with Gasteiger partial charge in [0.1, 0.15) is 11.4 Å². The van der Waals surface area contributed by atoms with Gasteiger partial charge in [-0.25, -0.2) is 4.98 Å². The van der Waals surface area contributed by atoms with E-state index in [0.717, 1.165) is 27.4 Å². The summed E-state index contributed by atoms with van der Waals surface area (Å²) in [6, 6.07) is 16.1. The molecule has 0 saturated heterocycles. The molecule has 3 aromatic rings. The maximum absolute atomic E-state index is 12.8. The SMILES string of the molecule is COc1ccccc1-c1ccc(C(C)N(C)C(=O)c2csc(CCN)n2)cc1.Cl. The monoisotopic (exact) mass is 431 g/mol. The quantitative estimate of drug-likeness (QED) is 0.594. The van der Waals surface area contributed by atoms with Crippen LogP contribution in [0.1, 0.15) is 34.0 Å². The first kappa shape index (κ1) is 22.9. The molecular formula is C22H26ClN3O2S. The van der Waals surface area contributed by atoms with Gasteiger partial charge in [0.25, 0.3) is 5.91 Å². The Morgan fingerprint density at radius 3 is 2.55 bits per heavy atom. The van der Waals surface area contributed by atoms with E-state index in [9.17, 15) is 4.79 Å². The van der Waals surface area contributed by atoms with Crippen LogP contribution in [0.25, 0.3) is 11.1 Å². The lowest BCUT2D eigenvalue weighted by atomic mass is 10.00. The predicted octanol–water partition coefficient (Wildman–Crippen LogP) is 4.57. The van der Waals surface area contributed by atoms with Crippen molar-refractivity contribution < 1.29 is 9.53 Å². The molecule has 154 valence electrons. The average Bonchev–Trinajstić information content (AvgIpc) is 3.21. The number of hydrogen-bond donors (Lipinski definition) is 1. The van der Waals surface area contributed by atoms with E-state index in [1.807, 2.05) is 38.2 Å². The molecule has 2 N–H and O–H groups in total. The summed E-state index contributed by atoms with van der Waals surface area (Å²) in [5.41, 5.74) is 9.23. The Labute approximate surface area is 181 Å². The molecule has 1 unspecified atom stereocenters. The molecule has 1 aromatic heterocycles. The van der Waals surface area contributed by atoms with Crippen molar-refractivity contribution in [3.05, 3.63) is 70.2 Å². The van der Waals surface area contributed by atoms with Crippen molar-refractivity contribution in [2.45, 2.75) is 19.4 Å². The zero-order valence-corrected chi connectivity index (χ0v) is 18.4. The van der Waals surface area contributed by atoms with E-state index >= 15 is 0 Å². The molecule has 0 aliphatic carbocycles. The highest BCUT2D eigenvalue weighted by Gasteiger charge is 2.21. The second kappa shape index (κ2) is 10.4. The third-order valence-corrected chi connectivity index (χ3v) is 5.75. The van der Waals surface area contributed by atoms with E-state index < -0.39 is 0 Å². The minimum absolute atomic E-state index is 0. The van der Waals surface area contributed by atoms with Gasteiger partial charge in [-0.15, -0.1) is 23.7 Å². The number of amides is 1. The topological polar surface area (TPSA) is 68.5 Å². The third kappa shape index (κ3) is 5.15. The van der Waals surface area contributed by atoms with Gasteiger partial charge in [-0.2, -0.15) is 0 Å². The molecule has 2 aromatic carbocycles. The number of rotatable bonds is 7. The Kier molecular flexibility index (Phi) is 8.20. The summed E-state index contributed by atoms with van der Waals surface area (Å²) < 4.78 is 5.45. The first-order chi connectivity index (χ1) is 13.5. The number of methoxy groups -OCH3 is 1. The molecule has 7 heteroatoms. The van der Waals surface area contributed by atoms with E-state index in [0.29, 0.717) is 18.7 Å². The van der Waals surface area contributed by atoms with Crippen molar-refractivity contribution in [2.75, 3.05) is 20.7 Å². The van der Waals surface area contributed by atoms with Gasteiger partial charge in [0.05, 0.1) is 18.2 Å². The zero-order chi connectivity index (χ0) is 20.1. The van der Waals surface area contributed by atoms with Crippen molar-refractivity contribution in [1.82, 2.24) is 9.88 Å². The van der Waals surface area contributed by atoms with Crippen LogP contribution in [0.15, 0.2) is 53.9 Å². The number of carbonyl (C=O) groups is 1.